The van der Waals surface area contributed by atoms with Crippen LogP contribution in [0.15, 0.2) is 0 Å². The molecular formula is C10H17NO. The van der Waals surface area contributed by atoms with Crippen molar-refractivity contribution in [3.8, 4) is 12.3 Å². The molecule has 2 nitrogen and oxygen atoms in total. The Morgan fingerprint density at radius 3 is 2.92 bits per heavy atom. The zero-order chi connectivity index (χ0) is 8.97. The molecule has 1 N–H and O–H groups in total. The van der Waals surface area contributed by atoms with Gasteiger partial charge in [0, 0.05) is 25.0 Å². The lowest BCUT2D eigenvalue weighted by atomic mass is 9.91. The van der Waals surface area contributed by atoms with Gasteiger partial charge in [0.1, 0.15) is 0 Å². The monoisotopic (exact) mass is 167 g/mol. The number of hydrogen-bond donors (Lipinski definition) is 1. The number of terminal acetylenes is 1. The predicted molar refractivity (Wildman–Crippen MR) is 49.8 cm³/mol. The third-order valence-corrected chi connectivity index (χ3v) is 2.66. The van der Waals surface area contributed by atoms with Crippen LogP contribution in [0, 0.1) is 18.3 Å². The van der Waals surface area contributed by atoms with Crippen molar-refractivity contribution in [3.05, 3.63) is 0 Å². The van der Waals surface area contributed by atoms with Crippen LogP contribution in [0.5, 0.6) is 0 Å². The summed E-state index contributed by atoms with van der Waals surface area (Å²) in [5, 5.41) is 3.25. The SMILES string of the molecule is C#CCC(NC)C1CCOC1C. The molecule has 3 unspecified atom stereocenters. The molecule has 0 aromatic carbocycles. The standard InChI is InChI=1S/C10H17NO/c1-4-5-10(11-3)9-6-7-12-8(9)2/h1,8-11H,5-7H2,2-3H3. The van der Waals surface area contributed by atoms with Crippen molar-refractivity contribution < 1.29 is 4.74 Å². The zero-order valence-corrected chi connectivity index (χ0v) is 7.84. The van der Waals surface area contributed by atoms with E-state index in [2.05, 4.69) is 18.2 Å². The Hall–Kier alpha value is -0.520. The van der Waals surface area contributed by atoms with E-state index in [-0.39, 0.29) is 0 Å². The summed E-state index contributed by atoms with van der Waals surface area (Å²) in [6.45, 7) is 3.01. The minimum Gasteiger partial charge on any atom is -0.378 e. The Balaban J connectivity index is 2.47. The second-order valence-corrected chi connectivity index (χ2v) is 3.33. The molecule has 1 aliphatic rings. The minimum absolute atomic E-state index is 0.357. The van der Waals surface area contributed by atoms with Crippen molar-refractivity contribution in [2.24, 2.45) is 5.92 Å². The summed E-state index contributed by atoms with van der Waals surface area (Å²) >= 11 is 0. The fourth-order valence-electron chi connectivity index (χ4n) is 1.87. The summed E-state index contributed by atoms with van der Waals surface area (Å²) < 4.78 is 5.49. The second kappa shape index (κ2) is 4.49. The van der Waals surface area contributed by atoms with Gasteiger partial charge in [-0.25, -0.2) is 0 Å². The topological polar surface area (TPSA) is 21.3 Å². The minimum atomic E-state index is 0.357. The first kappa shape index (κ1) is 9.57. The molecule has 1 saturated heterocycles. The molecule has 0 amide bonds. The van der Waals surface area contributed by atoms with Gasteiger partial charge < -0.3 is 10.1 Å². The second-order valence-electron chi connectivity index (χ2n) is 3.33. The van der Waals surface area contributed by atoms with Crippen LogP contribution in [0.25, 0.3) is 0 Å². The predicted octanol–water partition coefficient (Wildman–Crippen LogP) is 1.02. The van der Waals surface area contributed by atoms with Crippen LogP contribution < -0.4 is 5.32 Å². The molecule has 0 aliphatic carbocycles. The normalized spacial score (nSPS) is 31.4. The van der Waals surface area contributed by atoms with Crippen LogP contribution in [-0.2, 0) is 4.74 Å². The zero-order valence-electron chi connectivity index (χ0n) is 7.84. The van der Waals surface area contributed by atoms with Gasteiger partial charge in [-0.05, 0) is 20.4 Å². The van der Waals surface area contributed by atoms with Crippen molar-refractivity contribution in [2.75, 3.05) is 13.7 Å². The largest absolute Gasteiger partial charge is 0.378 e. The van der Waals surface area contributed by atoms with E-state index in [1.54, 1.807) is 0 Å². The summed E-state index contributed by atoms with van der Waals surface area (Å²) in [6.07, 6.45) is 7.58. The molecule has 1 fully saturated rings. The third-order valence-electron chi connectivity index (χ3n) is 2.66. The Morgan fingerprint density at radius 1 is 1.75 bits per heavy atom. The van der Waals surface area contributed by atoms with Gasteiger partial charge in [0.05, 0.1) is 6.10 Å². The van der Waals surface area contributed by atoms with Crippen LogP contribution in [0.4, 0.5) is 0 Å². The van der Waals surface area contributed by atoms with Crippen LogP contribution in [0.2, 0.25) is 0 Å². The highest BCUT2D eigenvalue weighted by Crippen LogP contribution is 2.24. The van der Waals surface area contributed by atoms with Gasteiger partial charge in [0.15, 0.2) is 0 Å². The lowest BCUT2D eigenvalue weighted by molar-refractivity contribution is 0.0968. The first-order valence-corrected chi connectivity index (χ1v) is 4.52. The highest BCUT2D eigenvalue weighted by atomic mass is 16.5. The van der Waals surface area contributed by atoms with Gasteiger partial charge in [0.25, 0.3) is 0 Å². The van der Waals surface area contributed by atoms with E-state index in [9.17, 15) is 0 Å². The summed E-state index contributed by atoms with van der Waals surface area (Å²) in [4.78, 5) is 0. The maximum absolute atomic E-state index is 5.49. The lowest BCUT2D eigenvalue weighted by Crippen LogP contribution is -2.36. The van der Waals surface area contributed by atoms with E-state index in [0.717, 1.165) is 19.4 Å². The van der Waals surface area contributed by atoms with E-state index in [4.69, 9.17) is 11.2 Å². The molecule has 0 radical (unpaired) electrons. The third kappa shape index (κ3) is 2.00. The van der Waals surface area contributed by atoms with Crippen molar-refractivity contribution in [3.63, 3.8) is 0 Å². The molecule has 12 heavy (non-hydrogen) atoms. The summed E-state index contributed by atoms with van der Waals surface area (Å²) in [7, 11) is 1.97. The molecule has 2 heteroatoms. The maximum Gasteiger partial charge on any atom is 0.0591 e. The Bertz CT molecular complexity index is 173. The van der Waals surface area contributed by atoms with Gasteiger partial charge in [-0.1, -0.05) is 0 Å². The molecule has 0 aromatic rings. The van der Waals surface area contributed by atoms with Crippen molar-refractivity contribution in [1.82, 2.24) is 5.32 Å². The molecule has 68 valence electrons. The van der Waals surface area contributed by atoms with Crippen LogP contribution in [-0.4, -0.2) is 25.8 Å². The van der Waals surface area contributed by atoms with E-state index in [0.29, 0.717) is 18.1 Å². The first-order chi connectivity index (χ1) is 5.79. The number of rotatable bonds is 3. The maximum atomic E-state index is 5.49. The molecule has 1 heterocycles. The molecule has 0 spiro atoms. The Labute approximate surface area is 74.7 Å². The highest BCUT2D eigenvalue weighted by Gasteiger charge is 2.30. The van der Waals surface area contributed by atoms with Gasteiger partial charge in [-0.2, -0.15) is 0 Å². The van der Waals surface area contributed by atoms with Crippen molar-refractivity contribution in [1.29, 1.82) is 0 Å². The molecule has 0 saturated carbocycles. The average Bonchev–Trinajstić information content (AvgIpc) is 2.47. The van der Waals surface area contributed by atoms with Gasteiger partial charge in [-0.15, -0.1) is 12.3 Å². The van der Waals surface area contributed by atoms with Crippen LogP contribution >= 0.6 is 0 Å². The first-order valence-electron chi connectivity index (χ1n) is 4.52. The smallest absolute Gasteiger partial charge is 0.0591 e. The van der Waals surface area contributed by atoms with E-state index >= 15 is 0 Å². The molecular weight excluding hydrogens is 150 g/mol. The molecule has 1 aliphatic heterocycles. The fourth-order valence-corrected chi connectivity index (χ4v) is 1.87. The quantitative estimate of drug-likeness (QED) is 0.634. The molecule has 0 bridgehead atoms. The molecule has 0 aromatic heterocycles. The number of nitrogens with one attached hydrogen (secondary N) is 1. The molecule has 3 atom stereocenters. The Morgan fingerprint density at radius 2 is 2.50 bits per heavy atom. The van der Waals surface area contributed by atoms with Gasteiger partial charge in [-0.3, -0.25) is 0 Å². The highest BCUT2D eigenvalue weighted by molar-refractivity contribution is 4.94. The van der Waals surface area contributed by atoms with Gasteiger partial charge >= 0.3 is 0 Å². The van der Waals surface area contributed by atoms with Gasteiger partial charge in [0.2, 0.25) is 0 Å². The number of hydrogen-bond acceptors (Lipinski definition) is 2. The number of ether oxygens (including phenoxy) is 1. The van der Waals surface area contributed by atoms with Crippen LogP contribution in [0.1, 0.15) is 19.8 Å². The summed E-state index contributed by atoms with van der Waals surface area (Å²) in [5.41, 5.74) is 0. The van der Waals surface area contributed by atoms with Crippen molar-refractivity contribution >= 4 is 0 Å². The van der Waals surface area contributed by atoms with Crippen LogP contribution in [0.3, 0.4) is 0 Å². The van der Waals surface area contributed by atoms with E-state index < -0.39 is 0 Å². The van der Waals surface area contributed by atoms with E-state index in [1.165, 1.54) is 0 Å². The fraction of sp³-hybridized carbons (Fsp3) is 0.800. The van der Waals surface area contributed by atoms with E-state index in [1.807, 2.05) is 7.05 Å². The Kier molecular flexibility index (Phi) is 3.58. The summed E-state index contributed by atoms with van der Waals surface area (Å²) in [5.74, 6) is 3.29. The lowest BCUT2D eigenvalue weighted by Gasteiger charge is -2.23. The molecule has 1 rings (SSSR count). The summed E-state index contributed by atoms with van der Waals surface area (Å²) in [6, 6.07) is 0.424. The van der Waals surface area contributed by atoms with Crippen molar-refractivity contribution in [2.45, 2.75) is 31.9 Å². The average molecular weight is 167 g/mol.